The molecule has 0 spiro atoms. The quantitative estimate of drug-likeness (QED) is 0.858. The lowest BCUT2D eigenvalue weighted by atomic mass is 10.2. The average molecular weight is 363 g/mol. The number of amides is 2. The molecule has 136 valence electrons. The number of carbonyl (C=O) groups is 2. The summed E-state index contributed by atoms with van der Waals surface area (Å²) in [6.45, 7) is 0.333. The van der Waals surface area contributed by atoms with E-state index in [-0.39, 0.29) is 11.6 Å². The van der Waals surface area contributed by atoms with Gasteiger partial charge in [0.25, 0.3) is 0 Å². The minimum Gasteiger partial charge on any atom is -0.352 e. The zero-order valence-corrected chi connectivity index (χ0v) is 13.6. The van der Waals surface area contributed by atoms with Gasteiger partial charge in [0.1, 0.15) is 0 Å². The van der Waals surface area contributed by atoms with E-state index in [1.807, 2.05) is 0 Å². The molecular weight excluding hydrogens is 347 g/mol. The van der Waals surface area contributed by atoms with E-state index in [9.17, 15) is 22.8 Å². The number of rotatable bonds is 5. The average Bonchev–Trinajstić information content (AvgIpc) is 3.41. The van der Waals surface area contributed by atoms with Crippen molar-refractivity contribution < 1.29 is 22.8 Å². The molecule has 5 nitrogen and oxygen atoms in total. The third-order valence-electron chi connectivity index (χ3n) is 4.14. The summed E-state index contributed by atoms with van der Waals surface area (Å²) in [4.78, 5) is 28.1. The normalized spacial score (nSPS) is 18.9. The minimum atomic E-state index is -4.48. The first-order valence-electron chi connectivity index (χ1n) is 7.99. The molecule has 3 rings (SSSR count). The van der Waals surface area contributed by atoms with Crippen molar-refractivity contribution in [2.45, 2.75) is 19.1 Å². The number of aromatic nitrogens is 1. The zero-order chi connectivity index (χ0) is 18.7. The Kier molecular flexibility index (Phi) is 4.92. The van der Waals surface area contributed by atoms with E-state index in [4.69, 9.17) is 0 Å². The number of alkyl halides is 3. The van der Waals surface area contributed by atoms with Crippen molar-refractivity contribution in [3.63, 3.8) is 0 Å². The summed E-state index contributed by atoms with van der Waals surface area (Å²) in [5.41, 5.74) is 0.115. The van der Waals surface area contributed by atoms with Crippen LogP contribution < -0.4 is 10.6 Å². The Morgan fingerprint density at radius 3 is 2.46 bits per heavy atom. The van der Waals surface area contributed by atoms with Crippen LogP contribution in [0.2, 0.25) is 0 Å². The molecular formula is C18H16F3N3O2. The van der Waals surface area contributed by atoms with Crippen LogP contribution in [-0.2, 0) is 22.3 Å². The fourth-order valence-electron chi connectivity index (χ4n) is 2.60. The SMILES string of the molecule is O=C(NCc1ccncc1)C1CC1C(=O)Nc1cccc(C(F)(F)F)c1. The molecule has 2 amide bonds. The van der Waals surface area contributed by atoms with Crippen LogP contribution in [0.25, 0.3) is 0 Å². The minimum absolute atomic E-state index is 0.0627. The Morgan fingerprint density at radius 2 is 1.77 bits per heavy atom. The Bertz CT molecular complexity index is 809. The second-order valence-electron chi connectivity index (χ2n) is 6.09. The number of hydrogen-bond acceptors (Lipinski definition) is 3. The summed E-state index contributed by atoms with van der Waals surface area (Å²) < 4.78 is 38.1. The van der Waals surface area contributed by atoms with Crippen LogP contribution in [0.15, 0.2) is 48.8 Å². The van der Waals surface area contributed by atoms with Crippen molar-refractivity contribution in [3.8, 4) is 0 Å². The first-order chi connectivity index (χ1) is 12.3. The predicted octanol–water partition coefficient (Wildman–Crippen LogP) is 2.99. The Hall–Kier alpha value is -2.90. The molecule has 2 N–H and O–H groups in total. The molecule has 0 bridgehead atoms. The summed E-state index contributed by atoms with van der Waals surface area (Å²) >= 11 is 0. The number of anilines is 1. The van der Waals surface area contributed by atoms with E-state index >= 15 is 0 Å². The molecule has 26 heavy (non-hydrogen) atoms. The monoisotopic (exact) mass is 363 g/mol. The fourth-order valence-corrected chi connectivity index (χ4v) is 2.60. The number of pyridine rings is 1. The predicted molar refractivity (Wildman–Crippen MR) is 87.8 cm³/mol. The lowest BCUT2D eigenvalue weighted by Crippen LogP contribution is -2.27. The molecule has 2 atom stereocenters. The molecule has 8 heteroatoms. The van der Waals surface area contributed by atoms with E-state index in [2.05, 4.69) is 15.6 Å². The Labute approximate surface area is 147 Å². The van der Waals surface area contributed by atoms with Gasteiger partial charge in [-0.25, -0.2) is 0 Å². The van der Waals surface area contributed by atoms with Crippen LogP contribution in [0.1, 0.15) is 17.5 Å². The first-order valence-corrected chi connectivity index (χ1v) is 7.99. The lowest BCUT2D eigenvalue weighted by Gasteiger charge is -2.10. The maximum atomic E-state index is 12.7. The van der Waals surface area contributed by atoms with Crippen LogP contribution in [0.5, 0.6) is 0 Å². The molecule has 2 unspecified atom stereocenters. The van der Waals surface area contributed by atoms with Crippen LogP contribution >= 0.6 is 0 Å². The maximum absolute atomic E-state index is 12.7. The summed E-state index contributed by atoms with van der Waals surface area (Å²) in [7, 11) is 0. The number of carbonyl (C=O) groups excluding carboxylic acids is 2. The van der Waals surface area contributed by atoms with Crippen molar-refractivity contribution in [1.29, 1.82) is 0 Å². The van der Waals surface area contributed by atoms with Crippen molar-refractivity contribution in [1.82, 2.24) is 10.3 Å². The molecule has 1 saturated carbocycles. The van der Waals surface area contributed by atoms with Crippen molar-refractivity contribution >= 4 is 17.5 Å². The molecule has 1 fully saturated rings. The molecule has 1 aliphatic carbocycles. The van der Waals surface area contributed by atoms with E-state index < -0.39 is 29.5 Å². The molecule has 1 aliphatic rings. The van der Waals surface area contributed by atoms with Gasteiger partial charge in [-0.15, -0.1) is 0 Å². The van der Waals surface area contributed by atoms with Crippen LogP contribution in [-0.4, -0.2) is 16.8 Å². The third kappa shape index (κ3) is 4.38. The standard InChI is InChI=1S/C18H16F3N3O2/c19-18(20,21)12-2-1-3-13(8-12)24-17(26)15-9-14(15)16(25)23-10-11-4-6-22-7-5-11/h1-8,14-15H,9-10H2,(H,23,25)(H,24,26). The van der Waals surface area contributed by atoms with Crippen molar-refractivity contribution in [2.24, 2.45) is 11.8 Å². The number of nitrogens with zero attached hydrogens (tertiary/aromatic N) is 1. The largest absolute Gasteiger partial charge is 0.416 e. The summed E-state index contributed by atoms with van der Waals surface area (Å²) in [6.07, 6.45) is -0.865. The highest BCUT2D eigenvalue weighted by Crippen LogP contribution is 2.40. The van der Waals surface area contributed by atoms with Gasteiger partial charge >= 0.3 is 6.18 Å². The second kappa shape index (κ2) is 7.15. The zero-order valence-electron chi connectivity index (χ0n) is 13.6. The highest BCUT2D eigenvalue weighted by molar-refractivity contribution is 5.99. The van der Waals surface area contributed by atoms with Gasteiger partial charge in [0, 0.05) is 24.6 Å². The summed E-state index contributed by atoms with van der Waals surface area (Å²) in [5, 5.41) is 5.19. The van der Waals surface area contributed by atoms with Gasteiger partial charge in [-0.05, 0) is 42.3 Å². The molecule has 1 aromatic carbocycles. The van der Waals surface area contributed by atoms with Crippen molar-refractivity contribution in [3.05, 3.63) is 59.9 Å². The Morgan fingerprint density at radius 1 is 1.08 bits per heavy atom. The molecule has 0 saturated heterocycles. The highest BCUT2D eigenvalue weighted by Gasteiger charge is 2.48. The molecule has 0 radical (unpaired) electrons. The molecule has 2 aromatic rings. The highest BCUT2D eigenvalue weighted by atomic mass is 19.4. The molecule has 1 aromatic heterocycles. The Balaban J connectivity index is 1.52. The smallest absolute Gasteiger partial charge is 0.352 e. The molecule has 1 heterocycles. The summed E-state index contributed by atoms with van der Waals surface area (Å²) in [6, 6.07) is 7.95. The number of halogens is 3. The van der Waals surface area contributed by atoms with Crippen LogP contribution in [0.3, 0.4) is 0 Å². The van der Waals surface area contributed by atoms with E-state index in [1.54, 1.807) is 24.5 Å². The van der Waals surface area contributed by atoms with Gasteiger partial charge in [0.15, 0.2) is 0 Å². The second-order valence-corrected chi connectivity index (χ2v) is 6.09. The van der Waals surface area contributed by atoms with Gasteiger partial charge in [-0.1, -0.05) is 6.07 Å². The van der Waals surface area contributed by atoms with E-state index in [0.717, 1.165) is 17.7 Å². The van der Waals surface area contributed by atoms with E-state index in [1.165, 1.54) is 12.1 Å². The van der Waals surface area contributed by atoms with Gasteiger partial charge < -0.3 is 10.6 Å². The third-order valence-corrected chi connectivity index (χ3v) is 4.14. The number of hydrogen-bond donors (Lipinski definition) is 2. The first kappa shape index (κ1) is 17.9. The summed E-state index contributed by atoms with van der Waals surface area (Å²) in [5.74, 6) is -1.68. The lowest BCUT2D eigenvalue weighted by molar-refractivity contribution is -0.137. The maximum Gasteiger partial charge on any atom is 0.416 e. The van der Waals surface area contributed by atoms with E-state index in [0.29, 0.717) is 13.0 Å². The van der Waals surface area contributed by atoms with Gasteiger partial charge in [0.2, 0.25) is 11.8 Å². The topological polar surface area (TPSA) is 71.1 Å². The van der Waals surface area contributed by atoms with Crippen molar-refractivity contribution in [2.75, 3.05) is 5.32 Å². The molecule has 0 aliphatic heterocycles. The van der Waals surface area contributed by atoms with Gasteiger partial charge in [-0.3, -0.25) is 14.6 Å². The van der Waals surface area contributed by atoms with Crippen LogP contribution in [0, 0.1) is 11.8 Å². The fraction of sp³-hybridized carbons (Fsp3) is 0.278. The van der Waals surface area contributed by atoms with Crippen LogP contribution in [0.4, 0.5) is 18.9 Å². The van der Waals surface area contributed by atoms with Gasteiger partial charge in [0.05, 0.1) is 17.4 Å². The number of nitrogens with one attached hydrogen (secondary N) is 2. The number of benzene rings is 1. The van der Waals surface area contributed by atoms with Gasteiger partial charge in [-0.2, -0.15) is 13.2 Å².